The zero-order valence-corrected chi connectivity index (χ0v) is 8.27. The van der Waals surface area contributed by atoms with E-state index in [1.54, 1.807) is 13.0 Å². The lowest BCUT2D eigenvalue weighted by Crippen LogP contribution is -2.05. The highest BCUT2D eigenvalue weighted by Crippen LogP contribution is 2.23. The molecule has 1 aliphatic rings. The number of hydrogen-bond donors (Lipinski definition) is 0. The molecule has 1 heteroatoms. The summed E-state index contributed by atoms with van der Waals surface area (Å²) >= 11 is 0. The highest BCUT2D eigenvalue weighted by molar-refractivity contribution is 4.89. The van der Waals surface area contributed by atoms with Crippen molar-refractivity contribution in [3.63, 3.8) is 0 Å². The molecule has 1 fully saturated rings. The van der Waals surface area contributed by atoms with Crippen molar-refractivity contribution in [1.29, 1.82) is 0 Å². The highest BCUT2D eigenvalue weighted by Gasteiger charge is 2.10. The number of methoxy groups -OCH3 is 1. The molecule has 71 valence electrons. The Hall–Kier alpha value is -0.0400. The minimum Gasteiger partial charge on any atom is -0.384 e. The van der Waals surface area contributed by atoms with Crippen molar-refractivity contribution in [2.24, 2.45) is 0 Å². The summed E-state index contributed by atoms with van der Waals surface area (Å²) in [5, 5.41) is 0. The van der Waals surface area contributed by atoms with E-state index < -0.39 is 0 Å². The van der Waals surface area contributed by atoms with Gasteiger partial charge in [-0.15, -0.1) is 0 Å². The molecule has 0 bridgehead atoms. The molecule has 0 unspecified atom stereocenters. The lowest BCUT2D eigenvalue weighted by molar-refractivity contribution is 0.200. The van der Waals surface area contributed by atoms with Crippen LogP contribution in [0.1, 0.15) is 51.4 Å². The molecule has 12 heavy (non-hydrogen) atoms. The molecule has 0 N–H and O–H groups in total. The summed E-state index contributed by atoms with van der Waals surface area (Å²) in [5.74, 6) is 1.64. The zero-order chi connectivity index (χ0) is 8.65. The predicted octanol–water partition coefficient (Wildman–Crippen LogP) is 3.34. The summed E-state index contributed by atoms with van der Waals surface area (Å²) in [6.45, 7) is 0.903. The fraction of sp³-hybridized carbons (Fsp3) is 0.909. The van der Waals surface area contributed by atoms with E-state index in [-0.39, 0.29) is 0 Å². The summed E-state index contributed by atoms with van der Waals surface area (Å²) < 4.78 is 5.18. The molecule has 1 radical (unpaired) electrons. The van der Waals surface area contributed by atoms with E-state index in [0.717, 1.165) is 6.61 Å². The maximum Gasteiger partial charge on any atom is 0.0524 e. The lowest BCUT2D eigenvalue weighted by Gasteiger charge is -2.13. The fourth-order valence-electron chi connectivity index (χ4n) is 1.93. The Morgan fingerprint density at radius 2 is 1.42 bits per heavy atom. The Kier molecular flexibility index (Phi) is 5.42. The number of rotatable bonds is 2. The second-order valence-electron chi connectivity index (χ2n) is 3.80. The maximum absolute atomic E-state index is 5.18. The van der Waals surface area contributed by atoms with Crippen LogP contribution in [0.2, 0.25) is 0 Å². The van der Waals surface area contributed by atoms with E-state index in [9.17, 15) is 0 Å². The van der Waals surface area contributed by atoms with E-state index in [1.165, 1.54) is 51.4 Å². The van der Waals surface area contributed by atoms with Crippen LogP contribution in [0.15, 0.2) is 0 Å². The Bertz CT molecular complexity index is 91.2. The van der Waals surface area contributed by atoms with E-state index in [1.807, 2.05) is 0 Å². The molecule has 0 atom stereocenters. The van der Waals surface area contributed by atoms with Gasteiger partial charge in [0, 0.05) is 13.0 Å². The SMILES string of the molecule is COC[C]1CCCCCCCC1. The average Bonchev–Trinajstić information content (AvgIpc) is 2.19. The first kappa shape index (κ1) is 10.0. The monoisotopic (exact) mass is 169 g/mol. The van der Waals surface area contributed by atoms with Crippen molar-refractivity contribution in [3.8, 4) is 0 Å². The van der Waals surface area contributed by atoms with Gasteiger partial charge in [-0.05, 0) is 12.8 Å². The summed E-state index contributed by atoms with van der Waals surface area (Å²) in [4.78, 5) is 0. The first-order chi connectivity index (χ1) is 5.93. The van der Waals surface area contributed by atoms with Gasteiger partial charge >= 0.3 is 0 Å². The Morgan fingerprint density at radius 1 is 0.917 bits per heavy atom. The van der Waals surface area contributed by atoms with Gasteiger partial charge in [0.15, 0.2) is 0 Å². The summed E-state index contributed by atoms with van der Waals surface area (Å²) in [6.07, 6.45) is 11.1. The number of hydrogen-bond acceptors (Lipinski definition) is 1. The van der Waals surface area contributed by atoms with E-state index in [4.69, 9.17) is 4.74 Å². The average molecular weight is 169 g/mol. The molecule has 1 aliphatic carbocycles. The van der Waals surface area contributed by atoms with Crippen LogP contribution in [0.5, 0.6) is 0 Å². The van der Waals surface area contributed by atoms with Gasteiger partial charge in [-0.25, -0.2) is 0 Å². The molecule has 1 saturated carbocycles. The Morgan fingerprint density at radius 3 is 1.92 bits per heavy atom. The van der Waals surface area contributed by atoms with Gasteiger partial charge < -0.3 is 4.74 Å². The Labute approximate surface area is 76.5 Å². The molecule has 0 amide bonds. The Balaban J connectivity index is 2.19. The van der Waals surface area contributed by atoms with Crippen LogP contribution in [0.4, 0.5) is 0 Å². The van der Waals surface area contributed by atoms with Crippen LogP contribution in [0, 0.1) is 5.92 Å². The first-order valence-corrected chi connectivity index (χ1v) is 5.26. The smallest absolute Gasteiger partial charge is 0.0524 e. The predicted molar refractivity (Wildman–Crippen MR) is 52.1 cm³/mol. The van der Waals surface area contributed by atoms with Gasteiger partial charge in [-0.3, -0.25) is 0 Å². The minimum absolute atomic E-state index is 0.903. The molecule has 0 aromatic rings. The zero-order valence-electron chi connectivity index (χ0n) is 8.27. The third-order valence-electron chi connectivity index (χ3n) is 2.66. The van der Waals surface area contributed by atoms with Crippen LogP contribution >= 0.6 is 0 Å². The van der Waals surface area contributed by atoms with Crippen molar-refractivity contribution in [1.82, 2.24) is 0 Å². The third kappa shape index (κ3) is 4.10. The standard InChI is InChI=1S/C11H21O/c1-12-10-11-8-6-4-2-3-5-7-9-11/h2-10H2,1H3. The third-order valence-corrected chi connectivity index (χ3v) is 2.66. The molecule has 1 rings (SSSR count). The molecule has 0 heterocycles. The molecular formula is C11H21O. The maximum atomic E-state index is 5.18. The fourth-order valence-corrected chi connectivity index (χ4v) is 1.93. The van der Waals surface area contributed by atoms with Gasteiger partial charge in [0.05, 0.1) is 6.61 Å². The van der Waals surface area contributed by atoms with E-state index in [0.29, 0.717) is 0 Å². The van der Waals surface area contributed by atoms with Crippen LogP contribution in [-0.4, -0.2) is 13.7 Å². The number of ether oxygens (including phenoxy) is 1. The molecule has 0 aromatic carbocycles. The van der Waals surface area contributed by atoms with Crippen molar-refractivity contribution >= 4 is 0 Å². The normalized spacial score (nSPS) is 22.8. The van der Waals surface area contributed by atoms with Crippen molar-refractivity contribution in [2.75, 3.05) is 13.7 Å². The van der Waals surface area contributed by atoms with E-state index >= 15 is 0 Å². The van der Waals surface area contributed by atoms with E-state index in [2.05, 4.69) is 0 Å². The summed E-state index contributed by atoms with van der Waals surface area (Å²) in [5.41, 5.74) is 0. The van der Waals surface area contributed by atoms with Gasteiger partial charge in [0.2, 0.25) is 0 Å². The topological polar surface area (TPSA) is 9.23 Å². The van der Waals surface area contributed by atoms with Gasteiger partial charge in [0.1, 0.15) is 0 Å². The van der Waals surface area contributed by atoms with Crippen molar-refractivity contribution < 1.29 is 4.74 Å². The molecule has 0 aliphatic heterocycles. The molecule has 0 spiro atoms. The lowest BCUT2D eigenvalue weighted by atomic mass is 9.98. The quantitative estimate of drug-likeness (QED) is 0.616. The molecular weight excluding hydrogens is 148 g/mol. The largest absolute Gasteiger partial charge is 0.384 e. The van der Waals surface area contributed by atoms with Crippen molar-refractivity contribution in [3.05, 3.63) is 5.92 Å². The molecule has 0 saturated heterocycles. The molecule has 0 aromatic heterocycles. The summed E-state index contributed by atoms with van der Waals surface area (Å²) in [7, 11) is 1.81. The van der Waals surface area contributed by atoms with Crippen LogP contribution in [0.25, 0.3) is 0 Å². The van der Waals surface area contributed by atoms with Gasteiger partial charge in [0.25, 0.3) is 0 Å². The van der Waals surface area contributed by atoms with Crippen LogP contribution < -0.4 is 0 Å². The minimum atomic E-state index is 0.903. The van der Waals surface area contributed by atoms with Gasteiger partial charge in [-0.1, -0.05) is 38.5 Å². The second-order valence-corrected chi connectivity index (χ2v) is 3.80. The van der Waals surface area contributed by atoms with Crippen LogP contribution in [0.3, 0.4) is 0 Å². The highest BCUT2D eigenvalue weighted by atomic mass is 16.5. The molecule has 1 nitrogen and oxygen atoms in total. The first-order valence-electron chi connectivity index (χ1n) is 5.26. The summed E-state index contributed by atoms with van der Waals surface area (Å²) in [6, 6.07) is 0. The van der Waals surface area contributed by atoms with Crippen LogP contribution in [-0.2, 0) is 4.74 Å². The second kappa shape index (κ2) is 6.47. The van der Waals surface area contributed by atoms with Crippen molar-refractivity contribution in [2.45, 2.75) is 51.4 Å². The van der Waals surface area contributed by atoms with Gasteiger partial charge in [-0.2, -0.15) is 0 Å².